The summed E-state index contributed by atoms with van der Waals surface area (Å²) < 4.78 is 5.46. The molecule has 1 N–H and O–H groups in total. The third-order valence-electron chi connectivity index (χ3n) is 4.17. The highest BCUT2D eigenvalue weighted by molar-refractivity contribution is 8.14. The maximum Gasteiger partial charge on any atom is 0.161 e. The fourth-order valence-electron chi connectivity index (χ4n) is 2.89. The van der Waals surface area contributed by atoms with Crippen LogP contribution < -0.4 is 5.32 Å². The van der Waals surface area contributed by atoms with Crippen LogP contribution in [0.15, 0.2) is 41.7 Å². The van der Waals surface area contributed by atoms with E-state index < -0.39 is 0 Å². The van der Waals surface area contributed by atoms with Gasteiger partial charge in [0.05, 0.1) is 5.54 Å². The van der Waals surface area contributed by atoms with Crippen LogP contribution in [0.1, 0.15) is 12.8 Å². The SMILES string of the molecule is c1cc(NC2=NC3(CCOCC3)CS2)c2cnccc2c1. The summed E-state index contributed by atoms with van der Waals surface area (Å²) in [5, 5.41) is 6.84. The number of benzene rings is 1. The van der Waals surface area contributed by atoms with Gasteiger partial charge in [-0.15, -0.1) is 0 Å². The van der Waals surface area contributed by atoms with Crippen molar-refractivity contribution >= 4 is 33.4 Å². The fraction of sp³-hybridized carbons (Fsp3) is 0.375. The molecule has 1 aromatic heterocycles. The van der Waals surface area contributed by atoms with E-state index in [2.05, 4.69) is 28.5 Å². The summed E-state index contributed by atoms with van der Waals surface area (Å²) in [6.07, 6.45) is 5.79. The zero-order chi connectivity index (χ0) is 14.1. The first-order valence-corrected chi connectivity index (χ1v) is 8.23. The molecule has 4 rings (SSSR count). The number of nitrogens with one attached hydrogen (secondary N) is 1. The van der Waals surface area contributed by atoms with Crippen molar-refractivity contribution in [2.45, 2.75) is 18.4 Å². The van der Waals surface area contributed by atoms with Gasteiger partial charge in [-0.25, -0.2) is 0 Å². The van der Waals surface area contributed by atoms with Crippen LogP contribution in [0.4, 0.5) is 5.69 Å². The molecule has 2 aromatic rings. The fourth-order valence-corrected chi connectivity index (χ4v) is 4.09. The molecule has 0 amide bonds. The summed E-state index contributed by atoms with van der Waals surface area (Å²) in [5.74, 6) is 1.06. The number of hydrogen-bond acceptors (Lipinski definition) is 5. The monoisotopic (exact) mass is 299 g/mol. The lowest BCUT2D eigenvalue weighted by molar-refractivity contribution is 0.0624. The first kappa shape index (κ1) is 13.1. The van der Waals surface area contributed by atoms with Gasteiger partial charge in [0.1, 0.15) is 0 Å². The molecule has 0 radical (unpaired) electrons. The van der Waals surface area contributed by atoms with Crippen molar-refractivity contribution in [3.05, 3.63) is 36.7 Å². The summed E-state index contributed by atoms with van der Waals surface area (Å²) in [5.41, 5.74) is 1.17. The van der Waals surface area contributed by atoms with Crippen LogP contribution in [-0.2, 0) is 4.74 Å². The van der Waals surface area contributed by atoms with Gasteiger partial charge in [0, 0.05) is 42.4 Å². The number of thioether (sulfide) groups is 1. The lowest BCUT2D eigenvalue weighted by Gasteiger charge is -2.29. The molecule has 3 heterocycles. The summed E-state index contributed by atoms with van der Waals surface area (Å²) in [4.78, 5) is 9.18. The number of ether oxygens (including phenoxy) is 1. The van der Waals surface area contributed by atoms with Gasteiger partial charge < -0.3 is 10.1 Å². The van der Waals surface area contributed by atoms with Gasteiger partial charge in [-0.3, -0.25) is 9.98 Å². The second-order valence-corrected chi connectivity index (χ2v) is 6.53. The number of nitrogens with zero attached hydrogens (tertiary/aromatic N) is 2. The van der Waals surface area contributed by atoms with Crippen LogP contribution in [-0.4, -0.2) is 34.7 Å². The van der Waals surface area contributed by atoms with E-state index in [4.69, 9.17) is 9.73 Å². The van der Waals surface area contributed by atoms with Crippen LogP contribution in [0.2, 0.25) is 0 Å². The number of aliphatic imine (C=N–C) groups is 1. The quantitative estimate of drug-likeness (QED) is 0.877. The van der Waals surface area contributed by atoms with Gasteiger partial charge in [0.15, 0.2) is 5.17 Å². The Morgan fingerprint density at radius 2 is 2.10 bits per heavy atom. The van der Waals surface area contributed by atoms with E-state index in [1.54, 1.807) is 0 Å². The van der Waals surface area contributed by atoms with E-state index in [0.29, 0.717) is 0 Å². The van der Waals surface area contributed by atoms with Gasteiger partial charge in [-0.2, -0.15) is 0 Å². The average molecular weight is 299 g/mol. The highest BCUT2D eigenvalue weighted by Gasteiger charge is 2.37. The van der Waals surface area contributed by atoms with Crippen molar-refractivity contribution in [1.29, 1.82) is 0 Å². The number of amidine groups is 1. The van der Waals surface area contributed by atoms with E-state index in [0.717, 1.165) is 48.0 Å². The normalized spacial score (nSPS) is 20.7. The van der Waals surface area contributed by atoms with E-state index in [1.165, 1.54) is 5.39 Å². The Kier molecular flexibility index (Phi) is 3.31. The largest absolute Gasteiger partial charge is 0.381 e. The van der Waals surface area contributed by atoms with E-state index >= 15 is 0 Å². The number of hydrogen-bond donors (Lipinski definition) is 1. The van der Waals surface area contributed by atoms with Crippen LogP contribution in [0.5, 0.6) is 0 Å². The number of anilines is 1. The minimum Gasteiger partial charge on any atom is -0.381 e. The molecule has 2 aliphatic rings. The Labute approximate surface area is 128 Å². The van der Waals surface area contributed by atoms with Gasteiger partial charge in [0.2, 0.25) is 0 Å². The molecule has 5 heteroatoms. The Bertz CT molecular complexity index is 689. The minimum atomic E-state index is 0.0914. The molecular weight excluding hydrogens is 282 g/mol. The molecule has 0 atom stereocenters. The standard InChI is InChI=1S/C16H17N3OS/c1-2-12-4-7-17-10-13(12)14(3-1)18-15-19-16(11-21-15)5-8-20-9-6-16/h1-4,7,10H,5-6,8-9,11H2,(H,18,19). The lowest BCUT2D eigenvalue weighted by Crippen LogP contribution is -2.34. The molecule has 4 nitrogen and oxygen atoms in total. The Morgan fingerprint density at radius 1 is 1.19 bits per heavy atom. The summed E-state index contributed by atoms with van der Waals surface area (Å²) in [6, 6.07) is 8.28. The molecule has 1 saturated heterocycles. The zero-order valence-corrected chi connectivity index (χ0v) is 12.5. The van der Waals surface area contributed by atoms with E-state index in [9.17, 15) is 0 Å². The lowest BCUT2D eigenvalue weighted by atomic mass is 9.93. The molecule has 2 aliphatic heterocycles. The van der Waals surface area contributed by atoms with Crippen molar-refractivity contribution in [3.63, 3.8) is 0 Å². The van der Waals surface area contributed by atoms with Crippen molar-refractivity contribution < 1.29 is 4.74 Å². The molecule has 1 spiro atoms. The predicted molar refractivity (Wildman–Crippen MR) is 88.0 cm³/mol. The molecule has 0 aliphatic carbocycles. The van der Waals surface area contributed by atoms with Crippen molar-refractivity contribution in [2.75, 3.05) is 24.3 Å². The summed E-state index contributed by atoms with van der Waals surface area (Å²) in [6.45, 7) is 1.66. The van der Waals surface area contributed by atoms with Crippen LogP contribution in [0.25, 0.3) is 10.8 Å². The first-order chi connectivity index (χ1) is 10.3. The van der Waals surface area contributed by atoms with Crippen LogP contribution in [0.3, 0.4) is 0 Å². The van der Waals surface area contributed by atoms with Crippen LogP contribution >= 0.6 is 11.8 Å². The average Bonchev–Trinajstić information content (AvgIpc) is 2.91. The number of pyridine rings is 1. The predicted octanol–water partition coefficient (Wildman–Crippen LogP) is 3.30. The molecule has 108 valence electrons. The number of aromatic nitrogens is 1. The maximum absolute atomic E-state index is 5.46. The van der Waals surface area contributed by atoms with E-state index in [1.807, 2.05) is 30.2 Å². The molecular formula is C16H17N3OS. The van der Waals surface area contributed by atoms with E-state index in [-0.39, 0.29) is 5.54 Å². The van der Waals surface area contributed by atoms with Gasteiger partial charge in [0.25, 0.3) is 0 Å². The van der Waals surface area contributed by atoms with Gasteiger partial charge in [-0.1, -0.05) is 23.9 Å². The molecule has 0 bridgehead atoms. The maximum atomic E-state index is 5.46. The number of rotatable bonds is 1. The number of fused-ring (bicyclic) bond motifs is 1. The molecule has 1 fully saturated rings. The molecule has 0 unspecified atom stereocenters. The highest BCUT2D eigenvalue weighted by atomic mass is 32.2. The van der Waals surface area contributed by atoms with Gasteiger partial charge >= 0.3 is 0 Å². The topological polar surface area (TPSA) is 46.5 Å². The summed E-state index contributed by atoms with van der Waals surface area (Å²) >= 11 is 1.81. The highest BCUT2D eigenvalue weighted by Crippen LogP contribution is 2.36. The second-order valence-electron chi connectivity index (χ2n) is 5.57. The Balaban J connectivity index is 1.62. The Morgan fingerprint density at radius 3 is 3.00 bits per heavy atom. The molecule has 21 heavy (non-hydrogen) atoms. The second kappa shape index (κ2) is 5.31. The first-order valence-electron chi connectivity index (χ1n) is 7.25. The minimum absolute atomic E-state index is 0.0914. The molecule has 0 saturated carbocycles. The zero-order valence-electron chi connectivity index (χ0n) is 11.7. The summed E-state index contributed by atoms with van der Waals surface area (Å²) in [7, 11) is 0. The van der Waals surface area contributed by atoms with Crippen molar-refractivity contribution in [3.8, 4) is 0 Å². The molecule has 1 aromatic carbocycles. The van der Waals surface area contributed by atoms with Crippen LogP contribution in [0, 0.1) is 0 Å². The third-order valence-corrected chi connectivity index (χ3v) is 5.31. The third kappa shape index (κ3) is 2.51. The van der Waals surface area contributed by atoms with Crippen molar-refractivity contribution in [2.24, 2.45) is 4.99 Å². The smallest absolute Gasteiger partial charge is 0.161 e. The van der Waals surface area contributed by atoms with Crippen molar-refractivity contribution in [1.82, 2.24) is 4.98 Å². The van der Waals surface area contributed by atoms with Gasteiger partial charge in [-0.05, 0) is 30.4 Å². The Hall–Kier alpha value is -1.59.